The zero-order valence-electron chi connectivity index (χ0n) is 16.1. The molecule has 152 valence electrons. The number of rotatable bonds is 5. The van der Waals surface area contributed by atoms with Crippen LogP contribution in [0, 0.1) is 10.1 Å². The number of nitro groups is 1. The van der Waals surface area contributed by atoms with Crippen LogP contribution in [0.2, 0.25) is 0 Å². The van der Waals surface area contributed by atoms with E-state index in [0.717, 1.165) is 10.0 Å². The van der Waals surface area contributed by atoms with Crippen molar-refractivity contribution in [2.75, 3.05) is 0 Å². The van der Waals surface area contributed by atoms with Gasteiger partial charge in [0.25, 0.3) is 11.6 Å². The maximum absolute atomic E-state index is 13.1. The molecule has 0 N–H and O–H groups in total. The third kappa shape index (κ3) is 4.34. The molecule has 0 spiro atoms. The quantitative estimate of drug-likeness (QED) is 0.225. The van der Waals surface area contributed by atoms with Gasteiger partial charge < -0.3 is 0 Å². The van der Waals surface area contributed by atoms with E-state index < -0.39 is 10.8 Å². The van der Waals surface area contributed by atoms with Gasteiger partial charge in [-0.05, 0) is 18.2 Å². The van der Waals surface area contributed by atoms with E-state index in [4.69, 9.17) is 0 Å². The Balaban J connectivity index is 1.78. The number of carbonyl (C=O) groups is 1. The highest BCUT2D eigenvalue weighted by Crippen LogP contribution is 2.26. The predicted molar refractivity (Wildman–Crippen MR) is 123 cm³/mol. The molecule has 1 heterocycles. The number of nitro benzene ring substituents is 1. The Hall–Kier alpha value is -3.91. The van der Waals surface area contributed by atoms with Gasteiger partial charge in [0.2, 0.25) is 0 Å². The number of carbonyl (C=O) groups excluding carboxylic acids is 1. The van der Waals surface area contributed by atoms with Crippen molar-refractivity contribution in [2.45, 2.75) is 0 Å². The van der Waals surface area contributed by atoms with Gasteiger partial charge in [-0.25, -0.2) is 4.99 Å². The lowest BCUT2D eigenvalue weighted by atomic mass is 10.1. The zero-order valence-corrected chi connectivity index (χ0v) is 17.6. The maximum atomic E-state index is 13.1. The van der Waals surface area contributed by atoms with Crippen LogP contribution >= 0.6 is 15.9 Å². The van der Waals surface area contributed by atoms with Crippen molar-refractivity contribution in [1.29, 1.82) is 0 Å². The molecule has 0 atom stereocenters. The average Bonchev–Trinajstić information content (AvgIpc) is 3.09. The minimum Gasteiger partial charge on any atom is -0.265 e. The molecule has 0 unspecified atom stereocenters. The summed E-state index contributed by atoms with van der Waals surface area (Å²) >= 11 is 3.46. The van der Waals surface area contributed by atoms with E-state index in [1.165, 1.54) is 17.2 Å². The molecule has 31 heavy (non-hydrogen) atoms. The summed E-state index contributed by atoms with van der Waals surface area (Å²) in [5, 5.41) is 16.9. The summed E-state index contributed by atoms with van der Waals surface area (Å²) in [6.45, 7) is 0. The predicted octanol–water partition coefficient (Wildman–Crippen LogP) is 5.02. The molecule has 8 heteroatoms. The molecule has 3 aromatic rings. The van der Waals surface area contributed by atoms with Gasteiger partial charge in [0.1, 0.15) is 5.70 Å². The molecule has 0 bridgehead atoms. The Morgan fingerprint density at radius 1 is 0.935 bits per heavy atom. The lowest BCUT2D eigenvalue weighted by molar-refractivity contribution is -0.385. The van der Waals surface area contributed by atoms with E-state index in [2.05, 4.69) is 26.0 Å². The Kier molecular flexibility index (Phi) is 5.81. The summed E-state index contributed by atoms with van der Waals surface area (Å²) in [5.41, 5.74) is 1.75. The van der Waals surface area contributed by atoms with Crippen molar-refractivity contribution < 1.29 is 9.72 Å². The fourth-order valence-corrected chi connectivity index (χ4v) is 3.40. The van der Waals surface area contributed by atoms with Crippen LogP contribution in [0.1, 0.15) is 16.7 Å². The molecule has 1 aliphatic heterocycles. The molecule has 0 saturated carbocycles. The first-order chi connectivity index (χ1) is 15.0. The number of amides is 1. The molecule has 0 fully saturated rings. The van der Waals surface area contributed by atoms with Crippen LogP contribution in [-0.2, 0) is 4.79 Å². The molecule has 0 radical (unpaired) electrons. The van der Waals surface area contributed by atoms with Gasteiger partial charge in [0.15, 0.2) is 5.84 Å². The fourth-order valence-electron chi connectivity index (χ4n) is 3.01. The first kappa shape index (κ1) is 20.4. The van der Waals surface area contributed by atoms with Gasteiger partial charge in [0, 0.05) is 21.7 Å². The third-order valence-electron chi connectivity index (χ3n) is 4.51. The first-order valence-corrected chi connectivity index (χ1v) is 10.1. The van der Waals surface area contributed by atoms with E-state index in [1.807, 2.05) is 54.6 Å². The number of halogens is 1. The lowest BCUT2D eigenvalue weighted by Gasteiger charge is -2.12. The highest BCUT2D eigenvalue weighted by Gasteiger charge is 2.31. The second-order valence-electron chi connectivity index (χ2n) is 6.53. The number of para-hydroxylation sites is 1. The van der Waals surface area contributed by atoms with Gasteiger partial charge >= 0.3 is 0 Å². The van der Waals surface area contributed by atoms with E-state index >= 15 is 0 Å². The molecule has 1 aliphatic rings. The van der Waals surface area contributed by atoms with Crippen molar-refractivity contribution >= 4 is 45.7 Å². The summed E-state index contributed by atoms with van der Waals surface area (Å²) in [7, 11) is 0. The van der Waals surface area contributed by atoms with Crippen LogP contribution in [0.5, 0.6) is 0 Å². The number of amidine groups is 1. The normalized spacial score (nSPS) is 15.0. The highest BCUT2D eigenvalue weighted by molar-refractivity contribution is 9.10. The molecular formula is C23H15BrN4O3. The Labute approximate surface area is 186 Å². The van der Waals surface area contributed by atoms with E-state index in [0.29, 0.717) is 17.0 Å². The third-order valence-corrected chi connectivity index (χ3v) is 5.24. The largest absolute Gasteiger partial charge is 0.298 e. The minimum absolute atomic E-state index is 0.0671. The molecule has 7 nitrogen and oxygen atoms in total. The molecule has 0 aromatic heterocycles. The van der Waals surface area contributed by atoms with Crippen LogP contribution in [0.4, 0.5) is 5.69 Å². The minimum atomic E-state index is -0.490. The van der Waals surface area contributed by atoms with Crippen LogP contribution < -0.4 is 0 Å². The van der Waals surface area contributed by atoms with Crippen molar-refractivity contribution in [3.05, 3.63) is 116 Å². The van der Waals surface area contributed by atoms with Gasteiger partial charge in [-0.3, -0.25) is 14.9 Å². The van der Waals surface area contributed by atoms with Crippen LogP contribution in [0.25, 0.3) is 6.08 Å². The molecule has 0 saturated heterocycles. The van der Waals surface area contributed by atoms with Crippen molar-refractivity contribution in [1.82, 2.24) is 5.01 Å². The Morgan fingerprint density at radius 2 is 1.58 bits per heavy atom. The standard InChI is InChI=1S/C23H15BrN4O3/c24-19-12-6-4-11-18(19)15-25-27-22(16-8-2-1-3-9-16)26-20(23(27)29)14-17-10-5-7-13-21(17)28(30)31/h1-15H/b20-14-,25-15+. The van der Waals surface area contributed by atoms with E-state index in [-0.39, 0.29) is 11.4 Å². The van der Waals surface area contributed by atoms with Crippen molar-refractivity contribution in [2.24, 2.45) is 10.1 Å². The SMILES string of the molecule is O=C1/C(=C/c2ccccc2[N+](=O)[O-])N=C(c2ccccc2)N1/N=C/c1ccccc1Br. The molecule has 3 aromatic carbocycles. The maximum Gasteiger partial charge on any atom is 0.298 e. The molecule has 1 amide bonds. The topological polar surface area (TPSA) is 88.2 Å². The first-order valence-electron chi connectivity index (χ1n) is 9.27. The number of aliphatic imine (C=N–C) groups is 1. The number of hydrazone groups is 1. The summed E-state index contributed by atoms with van der Waals surface area (Å²) in [6.07, 6.45) is 2.98. The lowest BCUT2D eigenvalue weighted by Crippen LogP contribution is -2.27. The van der Waals surface area contributed by atoms with Crippen LogP contribution in [-0.4, -0.2) is 27.9 Å². The van der Waals surface area contributed by atoms with Crippen molar-refractivity contribution in [3.63, 3.8) is 0 Å². The number of hydrogen-bond donors (Lipinski definition) is 0. The summed E-state index contributed by atoms with van der Waals surface area (Å²) in [5.74, 6) is -0.126. The van der Waals surface area contributed by atoms with E-state index in [9.17, 15) is 14.9 Å². The average molecular weight is 475 g/mol. The summed E-state index contributed by atoms with van der Waals surface area (Å²) in [6, 6.07) is 22.9. The second kappa shape index (κ2) is 8.85. The molecular weight excluding hydrogens is 460 g/mol. The Bertz CT molecular complexity index is 1250. The molecule has 0 aliphatic carbocycles. The van der Waals surface area contributed by atoms with Gasteiger partial charge in [-0.2, -0.15) is 10.1 Å². The zero-order chi connectivity index (χ0) is 21.8. The van der Waals surface area contributed by atoms with E-state index in [1.54, 1.807) is 24.4 Å². The summed E-state index contributed by atoms with van der Waals surface area (Å²) < 4.78 is 0.833. The van der Waals surface area contributed by atoms with Gasteiger partial charge in [-0.15, -0.1) is 0 Å². The van der Waals surface area contributed by atoms with Crippen LogP contribution in [0.15, 0.2) is 99.1 Å². The number of hydrogen-bond acceptors (Lipinski definition) is 5. The van der Waals surface area contributed by atoms with Gasteiger partial charge in [0.05, 0.1) is 16.7 Å². The summed E-state index contributed by atoms with van der Waals surface area (Å²) in [4.78, 5) is 28.4. The highest BCUT2D eigenvalue weighted by atomic mass is 79.9. The Morgan fingerprint density at radius 3 is 2.29 bits per heavy atom. The second-order valence-corrected chi connectivity index (χ2v) is 7.38. The molecule has 4 rings (SSSR count). The monoisotopic (exact) mass is 474 g/mol. The van der Waals surface area contributed by atoms with Crippen molar-refractivity contribution in [3.8, 4) is 0 Å². The smallest absolute Gasteiger partial charge is 0.265 e. The fraction of sp³-hybridized carbons (Fsp3) is 0. The van der Waals surface area contributed by atoms with Gasteiger partial charge in [-0.1, -0.05) is 76.6 Å². The van der Waals surface area contributed by atoms with Crippen LogP contribution in [0.3, 0.4) is 0 Å². The number of benzene rings is 3. The number of nitrogens with zero attached hydrogens (tertiary/aromatic N) is 4.